The average molecular weight is 545 g/mol. The van der Waals surface area contributed by atoms with Gasteiger partial charge in [0, 0.05) is 60.4 Å². The molecule has 2 aromatic carbocycles. The topological polar surface area (TPSA) is 51.3 Å². The van der Waals surface area contributed by atoms with Gasteiger partial charge in [-0.15, -0.1) is 0 Å². The van der Waals surface area contributed by atoms with Crippen LogP contribution in [0.25, 0.3) is 0 Å². The first-order valence-electron chi connectivity index (χ1n) is 12.3. The Balaban J connectivity index is 1.59. The van der Waals surface area contributed by atoms with Gasteiger partial charge in [-0.25, -0.2) is 4.79 Å². The number of likely N-dealkylation sites (N-methyl/N-ethyl adjacent to an activating group) is 2. The molecule has 0 saturated carbocycles. The van der Waals surface area contributed by atoms with Gasteiger partial charge in [0.1, 0.15) is 5.75 Å². The molecule has 2 aliphatic heterocycles. The van der Waals surface area contributed by atoms with E-state index in [0.29, 0.717) is 37.1 Å². The minimum Gasteiger partial charge on any atom is -0.497 e. The molecule has 2 heterocycles. The van der Waals surface area contributed by atoms with Crippen molar-refractivity contribution in [3.8, 4) is 5.75 Å². The lowest BCUT2D eigenvalue weighted by molar-refractivity contribution is -0.0528. The second kappa shape index (κ2) is 11.3. The van der Waals surface area contributed by atoms with E-state index in [1.165, 1.54) is 5.56 Å². The van der Waals surface area contributed by atoms with Crippen LogP contribution in [-0.4, -0.2) is 105 Å². The lowest BCUT2D eigenvalue weighted by atomic mass is 9.73. The first kappa shape index (κ1) is 25.9. The fourth-order valence-electron chi connectivity index (χ4n) is 5.49. The molecule has 4 rings (SSSR count). The van der Waals surface area contributed by atoms with Crippen LogP contribution in [0.1, 0.15) is 17.9 Å². The molecule has 0 aromatic heterocycles. The highest BCUT2D eigenvalue weighted by Gasteiger charge is 2.50. The summed E-state index contributed by atoms with van der Waals surface area (Å²) in [7, 11) is 10.2. The van der Waals surface area contributed by atoms with Crippen molar-refractivity contribution in [1.29, 1.82) is 0 Å². The summed E-state index contributed by atoms with van der Waals surface area (Å²) in [5, 5.41) is 3.12. The first-order valence-corrected chi connectivity index (χ1v) is 13.1. The van der Waals surface area contributed by atoms with Crippen LogP contribution in [-0.2, 0) is 0 Å². The Kier molecular flexibility index (Phi) is 8.37. The normalized spacial score (nSPS) is 25.0. The summed E-state index contributed by atoms with van der Waals surface area (Å²) in [4.78, 5) is 22.7. The third-order valence-corrected chi connectivity index (χ3v) is 7.93. The number of rotatable bonds is 6. The maximum atomic E-state index is 13.5. The maximum absolute atomic E-state index is 13.5. The highest BCUT2D eigenvalue weighted by atomic mass is 79.9. The number of carbonyl (C=O) groups excluding carboxylic acids is 1. The van der Waals surface area contributed by atoms with Gasteiger partial charge < -0.3 is 24.8 Å². The molecule has 0 bridgehead atoms. The summed E-state index contributed by atoms with van der Waals surface area (Å²) >= 11 is 3.58. The second-order valence-corrected chi connectivity index (χ2v) is 11.1. The summed E-state index contributed by atoms with van der Waals surface area (Å²) in [6.45, 7) is 3.47. The number of halogens is 1. The quantitative estimate of drug-likeness (QED) is 0.596. The Labute approximate surface area is 218 Å². The molecule has 0 radical (unpaired) electrons. The number of fused-ring (bicyclic) bond motifs is 1. The Morgan fingerprint density at radius 3 is 2.34 bits per heavy atom. The molecule has 0 spiro atoms. The van der Waals surface area contributed by atoms with Gasteiger partial charge in [-0.1, -0.05) is 28.1 Å². The Hall–Kier alpha value is -2.13. The average Bonchev–Trinajstić information content (AvgIpc) is 2.81. The number of urea groups is 1. The van der Waals surface area contributed by atoms with Gasteiger partial charge in [-0.2, -0.15) is 0 Å². The van der Waals surface area contributed by atoms with E-state index in [0.717, 1.165) is 35.4 Å². The Morgan fingerprint density at radius 1 is 1.06 bits per heavy atom. The van der Waals surface area contributed by atoms with Crippen LogP contribution in [0, 0.1) is 0 Å². The minimum absolute atomic E-state index is 0.0468. The van der Waals surface area contributed by atoms with Gasteiger partial charge in [0.2, 0.25) is 0 Å². The van der Waals surface area contributed by atoms with E-state index in [1.807, 2.05) is 29.2 Å². The van der Waals surface area contributed by atoms with E-state index in [-0.39, 0.29) is 6.03 Å². The molecule has 35 heavy (non-hydrogen) atoms. The van der Waals surface area contributed by atoms with E-state index in [9.17, 15) is 4.79 Å². The molecule has 7 nitrogen and oxygen atoms in total. The molecule has 190 valence electrons. The highest BCUT2D eigenvalue weighted by Crippen LogP contribution is 2.43. The number of benzene rings is 2. The van der Waals surface area contributed by atoms with Gasteiger partial charge in [0.15, 0.2) is 0 Å². The van der Waals surface area contributed by atoms with Gasteiger partial charge >= 0.3 is 6.03 Å². The molecule has 1 N–H and O–H groups in total. The molecule has 4 atom stereocenters. The monoisotopic (exact) mass is 543 g/mol. The number of hydrogen-bond acceptors (Lipinski definition) is 5. The Bertz CT molecular complexity index is 982. The third-order valence-electron chi connectivity index (χ3n) is 7.41. The van der Waals surface area contributed by atoms with Crippen LogP contribution in [0.15, 0.2) is 53.0 Å². The molecule has 2 saturated heterocycles. The third kappa shape index (κ3) is 6.00. The number of hydrogen-bond donors (Lipinski definition) is 1. The lowest BCUT2D eigenvalue weighted by Gasteiger charge is -2.59. The molecule has 8 heteroatoms. The van der Waals surface area contributed by atoms with Crippen molar-refractivity contribution in [2.45, 2.75) is 30.5 Å². The zero-order chi connectivity index (χ0) is 25.1. The number of nitrogens with one attached hydrogen (secondary N) is 1. The van der Waals surface area contributed by atoms with Crippen LogP contribution in [0.3, 0.4) is 0 Å². The fourth-order valence-corrected chi connectivity index (χ4v) is 5.76. The zero-order valence-corrected chi connectivity index (χ0v) is 23.0. The molecule has 2 aliphatic rings. The number of amides is 2. The van der Waals surface area contributed by atoms with Crippen LogP contribution in [0.2, 0.25) is 0 Å². The van der Waals surface area contributed by atoms with Crippen molar-refractivity contribution in [2.75, 3.05) is 66.8 Å². The summed E-state index contributed by atoms with van der Waals surface area (Å²) in [5.41, 5.74) is 2.13. The van der Waals surface area contributed by atoms with E-state index in [1.54, 1.807) is 7.11 Å². The van der Waals surface area contributed by atoms with Crippen LogP contribution in [0.5, 0.6) is 5.75 Å². The Morgan fingerprint density at radius 2 is 1.74 bits per heavy atom. The van der Waals surface area contributed by atoms with Crippen molar-refractivity contribution in [2.24, 2.45) is 0 Å². The summed E-state index contributed by atoms with van der Waals surface area (Å²) < 4.78 is 6.34. The number of ether oxygens (including phenoxy) is 1. The SMILES string of the molecule is COc1ccc(NC(=O)N2CC(N(C)C)CCN3C(C2)C(c2ccc(Br)cc2)[C@H]3CN(C)C)cc1. The summed E-state index contributed by atoms with van der Waals surface area (Å²) in [6.07, 6.45) is 1.03. The lowest BCUT2D eigenvalue weighted by Crippen LogP contribution is -2.70. The fraction of sp³-hybridized carbons (Fsp3) is 0.519. The number of anilines is 1. The van der Waals surface area contributed by atoms with E-state index >= 15 is 0 Å². The van der Waals surface area contributed by atoms with Crippen LogP contribution in [0.4, 0.5) is 10.5 Å². The van der Waals surface area contributed by atoms with Crippen molar-refractivity contribution < 1.29 is 9.53 Å². The van der Waals surface area contributed by atoms with Crippen molar-refractivity contribution in [3.05, 3.63) is 58.6 Å². The number of methoxy groups -OCH3 is 1. The van der Waals surface area contributed by atoms with Gasteiger partial charge in [-0.05, 0) is 76.6 Å². The van der Waals surface area contributed by atoms with Gasteiger partial charge in [0.25, 0.3) is 0 Å². The summed E-state index contributed by atoms with van der Waals surface area (Å²) in [6, 6.07) is 17.2. The van der Waals surface area contributed by atoms with Crippen molar-refractivity contribution in [3.63, 3.8) is 0 Å². The number of carbonyl (C=O) groups is 1. The molecule has 2 amide bonds. The maximum Gasteiger partial charge on any atom is 0.321 e. The van der Waals surface area contributed by atoms with Crippen LogP contribution < -0.4 is 10.1 Å². The molecule has 2 fully saturated rings. The molecular formula is C27H38BrN5O2. The molecule has 3 unspecified atom stereocenters. The van der Waals surface area contributed by atoms with Crippen molar-refractivity contribution in [1.82, 2.24) is 19.6 Å². The molecular weight excluding hydrogens is 506 g/mol. The van der Waals surface area contributed by atoms with Crippen molar-refractivity contribution >= 4 is 27.6 Å². The van der Waals surface area contributed by atoms with E-state index in [2.05, 4.69) is 88.4 Å². The van der Waals surface area contributed by atoms with E-state index < -0.39 is 0 Å². The predicted octanol–water partition coefficient (Wildman–Crippen LogP) is 4.02. The summed E-state index contributed by atoms with van der Waals surface area (Å²) in [5.74, 6) is 1.16. The number of nitrogens with zero attached hydrogens (tertiary/aromatic N) is 4. The van der Waals surface area contributed by atoms with Gasteiger partial charge in [-0.3, -0.25) is 4.90 Å². The van der Waals surface area contributed by atoms with Crippen LogP contribution >= 0.6 is 15.9 Å². The smallest absolute Gasteiger partial charge is 0.321 e. The zero-order valence-electron chi connectivity index (χ0n) is 21.4. The largest absolute Gasteiger partial charge is 0.497 e. The molecule has 0 aliphatic carbocycles. The highest BCUT2D eigenvalue weighted by molar-refractivity contribution is 9.10. The van der Waals surface area contributed by atoms with Gasteiger partial charge in [0.05, 0.1) is 7.11 Å². The second-order valence-electron chi connectivity index (χ2n) is 10.2. The predicted molar refractivity (Wildman–Crippen MR) is 145 cm³/mol. The molecule has 2 aromatic rings. The minimum atomic E-state index is -0.0468. The standard InChI is InChI=1S/C27H38BrN5O2/c1-30(2)17-24-26(19-6-8-20(28)9-7-19)25-18-32(16-22(31(3)4)14-15-33(24)25)27(34)29-21-10-12-23(35-5)13-11-21/h6-13,22,24-26H,14-18H2,1-5H3,(H,29,34)/t22?,24-,25?,26?/m1/s1. The van der Waals surface area contributed by atoms with E-state index in [4.69, 9.17) is 4.74 Å². The first-order chi connectivity index (χ1) is 16.8.